The Morgan fingerprint density at radius 2 is 2.12 bits per heavy atom. The molecule has 138 valence electrons. The summed E-state index contributed by atoms with van der Waals surface area (Å²) < 4.78 is 10.6. The summed E-state index contributed by atoms with van der Waals surface area (Å²) in [5.74, 6) is 0.0625. The van der Waals surface area contributed by atoms with Crippen molar-refractivity contribution in [2.24, 2.45) is 5.92 Å². The topological polar surface area (TPSA) is 67.9 Å². The van der Waals surface area contributed by atoms with E-state index in [4.69, 9.17) is 21.1 Å². The molecule has 1 fully saturated rings. The number of rotatable bonds is 7. The van der Waals surface area contributed by atoms with Crippen molar-refractivity contribution in [2.75, 3.05) is 32.2 Å². The first kappa shape index (κ1) is 19.5. The van der Waals surface area contributed by atoms with Gasteiger partial charge in [-0.25, -0.2) is 0 Å². The van der Waals surface area contributed by atoms with Gasteiger partial charge in [-0.3, -0.25) is 9.59 Å². The molecule has 1 aromatic rings. The van der Waals surface area contributed by atoms with E-state index < -0.39 is 6.04 Å². The SMILES string of the molecule is COCCOc1c(Cl)cccc1NC(=O)C1CCCN1C(=O)C(C)C. The highest BCUT2D eigenvalue weighted by molar-refractivity contribution is 6.32. The van der Waals surface area contributed by atoms with Crippen LogP contribution in [0.2, 0.25) is 5.02 Å². The molecule has 6 nitrogen and oxygen atoms in total. The second-order valence-corrected chi connectivity index (χ2v) is 6.70. The van der Waals surface area contributed by atoms with Crippen molar-refractivity contribution < 1.29 is 19.1 Å². The molecular weight excluding hydrogens is 344 g/mol. The molecule has 1 atom stereocenters. The summed E-state index contributed by atoms with van der Waals surface area (Å²) in [5.41, 5.74) is 0.498. The third-order valence-corrected chi connectivity index (χ3v) is 4.39. The molecule has 2 rings (SSSR count). The second kappa shape index (κ2) is 9.06. The molecule has 0 spiro atoms. The first-order valence-corrected chi connectivity index (χ1v) is 8.85. The number of methoxy groups -OCH3 is 1. The van der Waals surface area contributed by atoms with E-state index in [1.807, 2.05) is 13.8 Å². The van der Waals surface area contributed by atoms with Crippen LogP contribution in [0.25, 0.3) is 0 Å². The van der Waals surface area contributed by atoms with Crippen molar-refractivity contribution in [3.05, 3.63) is 23.2 Å². The standard InChI is InChI=1S/C18H25ClN2O4/c1-12(2)18(23)21-9-5-8-15(21)17(22)20-14-7-4-6-13(19)16(14)25-11-10-24-3/h4,6-7,12,15H,5,8-11H2,1-3H3,(H,20,22). The fraction of sp³-hybridized carbons (Fsp3) is 0.556. The largest absolute Gasteiger partial charge is 0.487 e. The van der Waals surface area contributed by atoms with Crippen molar-refractivity contribution >= 4 is 29.1 Å². The first-order valence-electron chi connectivity index (χ1n) is 8.47. The van der Waals surface area contributed by atoms with Gasteiger partial charge in [0.25, 0.3) is 0 Å². The molecule has 1 N–H and O–H groups in total. The second-order valence-electron chi connectivity index (χ2n) is 6.29. The number of hydrogen-bond donors (Lipinski definition) is 1. The third-order valence-electron chi connectivity index (χ3n) is 4.09. The Bertz CT molecular complexity index is 621. The number of nitrogens with zero attached hydrogens (tertiary/aromatic N) is 1. The van der Waals surface area contributed by atoms with Crippen LogP contribution in [0.5, 0.6) is 5.75 Å². The van der Waals surface area contributed by atoms with Gasteiger partial charge in [-0.05, 0) is 25.0 Å². The summed E-state index contributed by atoms with van der Waals surface area (Å²) in [7, 11) is 1.58. The number of anilines is 1. The van der Waals surface area contributed by atoms with Crippen LogP contribution in [-0.4, -0.2) is 49.6 Å². The Balaban J connectivity index is 2.12. The molecule has 25 heavy (non-hydrogen) atoms. The third kappa shape index (κ3) is 4.86. The Hall–Kier alpha value is -1.79. The highest BCUT2D eigenvalue weighted by Gasteiger charge is 2.35. The van der Waals surface area contributed by atoms with Crippen molar-refractivity contribution in [3.63, 3.8) is 0 Å². The van der Waals surface area contributed by atoms with Gasteiger partial charge in [0.1, 0.15) is 12.6 Å². The molecule has 0 aromatic heterocycles. The number of halogens is 1. The van der Waals surface area contributed by atoms with Crippen LogP contribution in [0.3, 0.4) is 0 Å². The van der Waals surface area contributed by atoms with Crippen LogP contribution in [0, 0.1) is 5.92 Å². The van der Waals surface area contributed by atoms with Gasteiger partial charge in [0.15, 0.2) is 5.75 Å². The van der Waals surface area contributed by atoms with E-state index in [0.717, 1.165) is 6.42 Å². The fourth-order valence-electron chi connectivity index (χ4n) is 2.83. The van der Waals surface area contributed by atoms with Crippen molar-refractivity contribution in [2.45, 2.75) is 32.7 Å². The van der Waals surface area contributed by atoms with Gasteiger partial charge in [-0.15, -0.1) is 0 Å². The molecule has 0 saturated carbocycles. The Labute approximate surface area is 153 Å². The van der Waals surface area contributed by atoms with Crippen LogP contribution in [0.15, 0.2) is 18.2 Å². The van der Waals surface area contributed by atoms with Crippen LogP contribution < -0.4 is 10.1 Å². The van der Waals surface area contributed by atoms with E-state index in [1.165, 1.54) is 0 Å². The average molecular weight is 369 g/mol. The zero-order valence-electron chi connectivity index (χ0n) is 14.9. The van der Waals surface area contributed by atoms with Crippen LogP contribution in [0.1, 0.15) is 26.7 Å². The van der Waals surface area contributed by atoms with E-state index in [2.05, 4.69) is 5.32 Å². The predicted molar refractivity (Wildman–Crippen MR) is 97.0 cm³/mol. The van der Waals surface area contributed by atoms with Crippen molar-refractivity contribution in [1.29, 1.82) is 0 Å². The summed E-state index contributed by atoms with van der Waals surface area (Å²) in [4.78, 5) is 26.7. The zero-order valence-corrected chi connectivity index (χ0v) is 15.6. The zero-order chi connectivity index (χ0) is 18.4. The highest BCUT2D eigenvalue weighted by atomic mass is 35.5. The van der Waals surface area contributed by atoms with Crippen LogP contribution in [-0.2, 0) is 14.3 Å². The van der Waals surface area contributed by atoms with E-state index in [-0.39, 0.29) is 17.7 Å². The molecule has 2 amide bonds. The highest BCUT2D eigenvalue weighted by Crippen LogP contribution is 2.33. The number of nitrogens with one attached hydrogen (secondary N) is 1. The molecule has 1 unspecified atom stereocenters. The minimum atomic E-state index is -0.458. The molecule has 1 heterocycles. The summed E-state index contributed by atoms with van der Waals surface area (Å²) in [6, 6.07) is 4.71. The quantitative estimate of drug-likeness (QED) is 0.751. The van der Waals surface area contributed by atoms with E-state index >= 15 is 0 Å². The summed E-state index contributed by atoms with van der Waals surface area (Å²) in [6.45, 7) is 5.03. The number of benzene rings is 1. The maximum Gasteiger partial charge on any atom is 0.247 e. The molecule has 1 aromatic carbocycles. The number of carbonyl (C=O) groups excluding carboxylic acids is 2. The Kier molecular flexibility index (Phi) is 7.08. The number of carbonyl (C=O) groups is 2. The summed E-state index contributed by atoms with van der Waals surface area (Å²) in [6.07, 6.45) is 1.48. The van der Waals surface area contributed by atoms with Gasteiger partial charge in [0.05, 0.1) is 17.3 Å². The number of amides is 2. The van der Waals surface area contributed by atoms with Gasteiger partial charge < -0.3 is 19.7 Å². The van der Waals surface area contributed by atoms with Gasteiger partial charge in [-0.2, -0.15) is 0 Å². The maximum atomic E-state index is 12.7. The average Bonchev–Trinajstić information content (AvgIpc) is 3.06. The predicted octanol–water partition coefficient (Wildman–Crippen LogP) is 2.95. The van der Waals surface area contributed by atoms with Gasteiger partial charge in [-0.1, -0.05) is 31.5 Å². The fourth-order valence-corrected chi connectivity index (χ4v) is 3.06. The minimum absolute atomic E-state index is 0.000289. The lowest BCUT2D eigenvalue weighted by atomic mass is 10.1. The minimum Gasteiger partial charge on any atom is -0.487 e. The van der Waals surface area contributed by atoms with Gasteiger partial charge in [0, 0.05) is 19.6 Å². The lowest BCUT2D eigenvalue weighted by Gasteiger charge is -2.26. The summed E-state index contributed by atoms with van der Waals surface area (Å²) in [5, 5.41) is 3.27. The number of hydrogen-bond acceptors (Lipinski definition) is 4. The maximum absolute atomic E-state index is 12.7. The van der Waals surface area contributed by atoms with E-state index in [0.29, 0.717) is 42.6 Å². The smallest absolute Gasteiger partial charge is 0.247 e. The Morgan fingerprint density at radius 1 is 1.36 bits per heavy atom. The molecule has 0 radical (unpaired) electrons. The van der Waals surface area contributed by atoms with Crippen molar-refractivity contribution in [3.8, 4) is 5.75 Å². The van der Waals surface area contributed by atoms with Crippen LogP contribution in [0.4, 0.5) is 5.69 Å². The van der Waals surface area contributed by atoms with Gasteiger partial charge >= 0.3 is 0 Å². The molecule has 7 heteroatoms. The molecule has 1 saturated heterocycles. The number of ether oxygens (including phenoxy) is 2. The molecular formula is C18H25ClN2O4. The van der Waals surface area contributed by atoms with E-state index in [9.17, 15) is 9.59 Å². The molecule has 0 aliphatic carbocycles. The number of para-hydroxylation sites is 1. The molecule has 1 aliphatic heterocycles. The lowest BCUT2D eigenvalue weighted by molar-refractivity contribution is -0.139. The summed E-state index contributed by atoms with van der Waals surface area (Å²) >= 11 is 6.19. The van der Waals surface area contributed by atoms with E-state index in [1.54, 1.807) is 30.2 Å². The number of likely N-dealkylation sites (tertiary alicyclic amines) is 1. The monoisotopic (exact) mass is 368 g/mol. The molecule has 0 bridgehead atoms. The van der Waals surface area contributed by atoms with Crippen molar-refractivity contribution in [1.82, 2.24) is 4.90 Å². The van der Waals surface area contributed by atoms with Gasteiger partial charge in [0.2, 0.25) is 11.8 Å². The van der Waals surface area contributed by atoms with Crippen LogP contribution >= 0.6 is 11.6 Å². The molecule has 1 aliphatic rings. The first-order chi connectivity index (χ1) is 12.0. The lowest BCUT2D eigenvalue weighted by Crippen LogP contribution is -2.44. The Morgan fingerprint density at radius 3 is 2.80 bits per heavy atom. The normalized spacial score (nSPS) is 17.0.